The second-order valence-corrected chi connectivity index (χ2v) is 8.75. The minimum atomic E-state index is -0.444. The molecule has 0 bridgehead atoms. The molecule has 0 aliphatic carbocycles. The van der Waals surface area contributed by atoms with E-state index in [0.29, 0.717) is 17.5 Å². The van der Waals surface area contributed by atoms with Gasteiger partial charge in [0.2, 0.25) is 0 Å². The van der Waals surface area contributed by atoms with Crippen LogP contribution in [0, 0.1) is 0 Å². The largest absolute Gasteiger partial charge is 0.455 e. The first-order valence-corrected chi connectivity index (χ1v) is 10.5. The SMILES string of the molecule is C[C@@H]1CCN(C(=O)COC(=O)Cc2cn3ccsc3n2)c2ccccc2S1. The number of hydrogen-bond acceptors (Lipinski definition) is 6. The Kier molecular flexibility index (Phi) is 5.18. The summed E-state index contributed by atoms with van der Waals surface area (Å²) in [5.41, 5.74) is 1.53. The van der Waals surface area contributed by atoms with Crippen molar-refractivity contribution in [1.29, 1.82) is 0 Å². The van der Waals surface area contributed by atoms with Crippen LogP contribution in [0.4, 0.5) is 5.69 Å². The molecule has 4 rings (SSSR count). The van der Waals surface area contributed by atoms with Crippen molar-refractivity contribution in [2.75, 3.05) is 18.1 Å². The number of anilines is 1. The zero-order chi connectivity index (χ0) is 18.8. The summed E-state index contributed by atoms with van der Waals surface area (Å²) >= 11 is 3.28. The summed E-state index contributed by atoms with van der Waals surface area (Å²) in [7, 11) is 0. The minimum absolute atomic E-state index is 0.0607. The quantitative estimate of drug-likeness (QED) is 0.627. The van der Waals surface area contributed by atoms with Crippen molar-refractivity contribution in [2.24, 2.45) is 0 Å². The lowest BCUT2D eigenvalue weighted by Gasteiger charge is -2.22. The molecular formula is C19H19N3O3S2. The zero-order valence-corrected chi connectivity index (χ0v) is 16.5. The number of nitrogens with zero attached hydrogens (tertiary/aromatic N) is 3. The van der Waals surface area contributed by atoms with Crippen LogP contribution in [0.2, 0.25) is 0 Å². The van der Waals surface area contributed by atoms with Gasteiger partial charge in [0.05, 0.1) is 17.8 Å². The molecule has 0 unspecified atom stereocenters. The lowest BCUT2D eigenvalue weighted by atomic mass is 10.2. The van der Waals surface area contributed by atoms with Gasteiger partial charge in [-0.15, -0.1) is 23.1 Å². The van der Waals surface area contributed by atoms with Gasteiger partial charge in [-0.1, -0.05) is 19.1 Å². The lowest BCUT2D eigenvalue weighted by molar-refractivity contribution is -0.147. The van der Waals surface area contributed by atoms with Crippen LogP contribution in [0.25, 0.3) is 4.96 Å². The molecule has 0 radical (unpaired) electrons. The first-order valence-electron chi connectivity index (χ1n) is 8.73. The number of carbonyl (C=O) groups is 2. The Labute approximate surface area is 165 Å². The average Bonchev–Trinajstić information content (AvgIpc) is 3.18. The fraction of sp³-hybridized carbons (Fsp3) is 0.316. The zero-order valence-electron chi connectivity index (χ0n) is 14.8. The monoisotopic (exact) mass is 401 g/mol. The van der Waals surface area contributed by atoms with Crippen molar-refractivity contribution in [3.05, 3.63) is 47.7 Å². The van der Waals surface area contributed by atoms with Crippen molar-refractivity contribution in [3.63, 3.8) is 0 Å². The molecule has 3 aromatic rings. The predicted octanol–water partition coefficient (Wildman–Crippen LogP) is 3.40. The number of rotatable bonds is 4. The summed E-state index contributed by atoms with van der Waals surface area (Å²) in [5.74, 6) is -0.642. The molecule has 1 aliphatic rings. The highest BCUT2D eigenvalue weighted by Crippen LogP contribution is 2.37. The first-order chi connectivity index (χ1) is 13.1. The standard InChI is InChI=1S/C19H19N3O3S2/c1-13-6-7-22(15-4-2-3-5-16(15)27-13)17(23)12-25-18(24)10-14-11-21-8-9-26-19(21)20-14/h2-5,8-9,11,13H,6-7,10,12H2,1H3/t13-/m1/s1. The Morgan fingerprint density at radius 3 is 3.04 bits per heavy atom. The number of aromatic nitrogens is 2. The van der Waals surface area contributed by atoms with Crippen LogP contribution >= 0.6 is 23.1 Å². The topological polar surface area (TPSA) is 63.9 Å². The number of benzene rings is 1. The third-order valence-electron chi connectivity index (χ3n) is 4.37. The number of fused-ring (bicyclic) bond motifs is 2. The van der Waals surface area contributed by atoms with E-state index in [1.165, 1.54) is 11.3 Å². The van der Waals surface area contributed by atoms with Gasteiger partial charge < -0.3 is 9.64 Å². The smallest absolute Gasteiger partial charge is 0.312 e. The van der Waals surface area contributed by atoms with Crippen molar-refractivity contribution in [1.82, 2.24) is 9.38 Å². The molecule has 1 aromatic carbocycles. The summed E-state index contributed by atoms with van der Waals surface area (Å²) < 4.78 is 7.10. The number of para-hydroxylation sites is 1. The highest BCUT2D eigenvalue weighted by atomic mass is 32.2. The highest BCUT2D eigenvalue weighted by Gasteiger charge is 2.25. The van der Waals surface area contributed by atoms with E-state index in [9.17, 15) is 9.59 Å². The summed E-state index contributed by atoms with van der Waals surface area (Å²) in [5, 5.41) is 2.36. The number of thioether (sulfide) groups is 1. The molecule has 3 heterocycles. The number of esters is 1. The number of thiazole rings is 1. The number of hydrogen-bond donors (Lipinski definition) is 0. The third kappa shape index (κ3) is 4.01. The van der Waals surface area contributed by atoms with E-state index in [0.717, 1.165) is 22.0 Å². The van der Waals surface area contributed by atoms with E-state index in [4.69, 9.17) is 4.74 Å². The van der Waals surface area contributed by atoms with E-state index < -0.39 is 5.97 Å². The molecule has 0 saturated carbocycles. The minimum Gasteiger partial charge on any atom is -0.455 e. The number of amides is 1. The Balaban J connectivity index is 1.38. The van der Waals surface area contributed by atoms with Gasteiger partial charge in [0.25, 0.3) is 5.91 Å². The molecule has 8 heteroatoms. The van der Waals surface area contributed by atoms with E-state index in [-0.39, 0.29) is 18.9 Å². The highest BCUT2D eigenvalue weighted by molar-refractivity contribution is 8.00. The van der Waals surface area contributed by atoms with Crippen LogP contribution in [0.1, 0.15) is 19.0 Å². The van der Waals surface area contributed by atoms with Gasteiger partial charge in [0.15, 0.2) is 11.6 Å². The molecular weight excluding hydrogens is 382 g/mol. The van der Waals surface area contributed by atoms with Gasteiger partial charge in [-0.25, -0.2) is 4.98 Å². The van der Waals surface area contributed by atoms with Crippen LogP contribution in [0.3, 0.4) is 0 Å². The van der Waals surface area contributed by atoms with Crippen molar-refractivity contribution >= 4 is 45.6 Å². The fourth-order valence-corrected chi connectivity index (χ4v) is 4.86. The molecule has 0 N–H and O–H groups in total. The maximum absolute atomic E-state index is 12.7. The van der Waals surface area contributed by atoms with E-state index in [1.807, 2.05) is 40.2 Å². The molecule has 2 aromatic heterocycles. The second-order valence-electron chi connectivity index (χ2n) is 6.39. The van der Waals surface area contributed by atoms with Gasteiger partial charge in [-0.2, -0.15) is 0 Å². The molecule has 1 atom stereocenters. The average molecular weight is 402 g/mol. The van der Waals surface area contributed by atoms with Crippen LogP contribution in [-0.4, -0.2) is 39.7 Å². The number of ether oxygens (including phenoxy) is 1. The number of carbonyl (C=O) groups excluding carboxylic acids is 2. The summed E-state index contributed by atoms with van der Waals surface area (Å²) in [6.45, 7) is 2.53. The molecule has 6 nitrogen and oxygen atoms in total. The Bertz CT molecular complexity index is 953. The maximum atomic E-state index is 12.7. The van der Waals surface area contributed by atoms with Gasteiger partial charge in [-0.05, 0) is 18.6 Å². The molecule has 140 valence electrons. The normalized spacial score (nSPS) is 16.8. The molecule has 27 heavy (non-hydrogen) atoms. The van der Waals surface area contributed by atoms with Gasteiger partial charge >= 0.3 is 5.97 Å². The van der Waals surface area contributed by atoms with Crippen molar-refractivity contribution < 1.29 is 14.3 Å². The Morgan fingerprint density at radius 1 is 1.33 bits per heavy atom. The third-order valence-corrected chi connectivity index (χ3v) is 6.38. The van der Waals surface area contributed by atoms with Gasteiger partial charge in [-0.3, -0.25) is 14.0 Å². The second kappa shape index (κ2) is 7.74. The number of imidazole rings is 1. The van der Waals surface area contributed by atoms with E-state index in [1.54, 1.807) is 22.9 Å². The van der Waals surface area contributed by atoms with Crippen molar-refractivity contribution in [3.8, 4) is 0 Å². The van der Waals surface area contributed by atoms with Crippen molar-refractivity contribution in [2.45, 2.75) is 29.9 Å². The Morgan fingerprint density at radius 2 is 2.19 bits per heavy atom. The Hall–Kier alpha value is -2.32. The van der Waals surface area contributed by atoms with Crippen LogP contribution < -0.4 is 4.90 Å². The maximum Gasteiger partial charge on any atom is 0.312 e. The summed E-state index contributed by atoms with van der Waals surface area (Å²) in [4.78, 5) is 32.8. The van der Waals surface area contributed by atoms with Gasteiger partial charge in [0.1, 0.15) is 0 Å². The molecule has 1 amide bonds. The predicted molar refractivity (Wildman–Crippen MR) is 106 cm³/mol. The summed E-state index contributed by atoms with van der Waals surface area (Å²) in [6.07, 6.45) is 4.65. The van der Waals surface area contributed by atoms with Crippen LogP contribution in [0.15, 0.2) is 46.9 Å². The van der Waals surface area contributed by atoms with E-state index in [2.05, 4.69) is 11.9 Å². The summed E-state index contributed by atoms with van der Waals surface area (Å²) in [6, 6.07) is 7.87. The lowest BCUT2D eigenvalue weighted by Crippen LogP contribution is -2.36. The van der Waals surface area contributed by atoms with Crippen LogP contribution in [-0.2, 0) is 20.7 Å². The molecule has 0 spiro atoms. The van der Waals surface area contributed by atoms with Gasteiger partial charge in [0, 0.05) is 34.5 Å². The molecule has 1 aliphatic heterocycles. The van der Waals surface area contributed by atoms with Crippen LogP contribution in [0.5, 0.6) is 0 Å². The first kappa shape index (κ1) is 18.1. The molecule has 0 fully saturated rings. The van der Waals surface area contributed by atoms with E-state index >= 15 is 0 Å². The fourth-order valence-electron chi connectivity index (χ4n) is 3.03. The molecule has 0 saturated heterocycles.